The minimum atomic E-state index is -0.0446. The second-order valence-corrected chi connectivity index (χ2v) is 6.70. The summed E-state index contributed by atoms with van der Waals surface area (Å²) in [5, 5.41) is 0. The summed E-state index contributed by atoms with van der Waals surface area (Å²) < 4.78 is 0. The first-order valence-corrected chi connectivity index (χ1v) is 8.20. The summed E-state index contributed by atoms with van der Waals surface area (Å²) in [6.07, 6.45) is 0. The fraction of sp³-hybridized carbons (Fsp3) is 0.611. The lowest BCUT2D eigenvalue weighted by atomic mass is 10.0. The molecule has 1 aromatic carbocycles. The van der Waals surface area contributed by atoms with Crippen LogP contribution < -0.4 is 4.90 Å². The van der Waals surface area contributed by atoms with Crippen LogP contribution in [0.15, 0.2) is 24.3 Å². The van der Waals surface area contributed by atoms with Gasteiger partial charge in [0.05, 0.1) is 6.04 Å². The molecule has 22 heavy (non-hydrogen) atoms. The van der Waals surface area contributed by atoms with Crippen LogP contribution in [0.25, 0.3) is 0 Å². The standard InChI is InChI=1S/C18H29N3O/c1-14(2)16-6-8-17(9-7-16)20-10-12-21(13-11-20)18(22)15(3)19(4)5/h6-9,14-15H,10-13H2,1-5H3. The van der Waals surface area contributed by atoms with E-state index in [1.807, 2.05) is 30.8 Å². The molecule has 0 radical (unpaired) electrons. The summed E-state index contributed by atoms with van der Waals surface area (Å²) in [5.74, 6) is 0.802. The van der Waals surface area contributed by atoms with Gasteiger partial charge in [-0.25, -0.2) is 0 Å². The van der Waals surface area contributed by atoms with Crippen molar-refractivity contribution in [1.29, 1.82) is 0 Å². The van der Waals surface area contributed by atoms with Crippen molar-refractivity contribution in [2.75, 3.05) is 45.2 Å². The Morgan fingerprint density at radius 2 is 1.55 bits per heavy atom. The number of carbonyl (C=O) groups is 1. The molecule has 1 saturated heterocycles. The van der Waals surface area contributed by atoms with E-state index in [9.17, 15) is 4.79 Å². The molecule has 1 amide bonds. The third-order valence-corrected chi connectivity index (χ3v) is 4.65. The molecule has 0 spiro atoms. The van der Waals surface area contributed by atoms with Crippen LogP contribution in [0.2, 0.25) is 0 Å². The van der Waals surface area contributed by atoms with Gasteiger partial charge in [-0.15, -0.1) is 0 Å². The molecule has 4 heteroatoms. The first-order chi connectivity index (χ1) is 10.4. The second-order valence-electron chi connectivity index (χ2n) is 6.70. The number of nitrogens with zero attached hydrogens (tertiary/aromatic N) is 3. The Morgan fingerprint density at radius 3 is 2.00 bits per heavy atom. The van der Waals surface area contributed by atoms with Gasteiger partial charge in [0.2, 0.25) is 5.91 Å². The number of anilines is 1. The van der Waals surface area contributed by atoms with Crippen molar-refractivity contribution >= 4 is 11.6 Å². The van der Waals surface area contributed by atoms with Crippen molar-refractivity contribution in [2.45, 2.75) is 32.7 Å². The molecule has 122 valence electrons. The Balaban J connectivity index is 1.93. The second kappa shape index (κ2) is 7.14. The molecule has 1 heterocycles. The smallest absolute Gasteiger partial charge is 0.239 e. The van der Waals surface area contributed by atoms with Gasteiger partial charge in [0.15, 0.2) is 0 Å². The van der Waals surface area contributed by atoms with Gasteiger partial charge < -0.3 is 9.80 Å². The quantitative estimate of drug-likeness (QED) is 0.854. The van der Waals surface area contributed by atoms with E-state index in [1.165, 1.54) is 11.3 Å². The molecule has 0 aliphatic carbocycles. The SMILES string of the molecule is CC(C)c1ccc(N2CCN(C(=O)C(C)N(C)C)CC2)cc1. The van der Waals surface area contributed by atoms with Crippen molar-refractivity contribution in [1.82, 2.24) is 9.80 Å². The molecule has 1 aliphatic heterocycles. The lowest BCUT2D eigenvalue weighted by molar-refractivity contribution is -0.135. The minimum absolute atomic E-state index is 0.0446. The fourth-order valence-corrected chi connectivity index (χ4v) is 2.74. The molecular formula is C18H29N3O. The largest absolute Gasteiger partial charge is 0.368 e. The number of benzene rings is 1. The van der Waals surface area contributed by atoms with E-state index in [-0.39, 0.29) is 11.9 Å². The topological polar surface area (TPSA) is 26.8 Å². The monoisotopic (exact) mass is 303 g/mol. The molecule has 1 aliphatic rings. The summed E-state index contributed by atoms with van der Waals surface area (Å²) in [6.45, 7) is 9.83. The number of rotatable bonds is 4. The Morgan fingerprint density at radius 1 is 1.00 bits per heavy atom. The lowest BCUT2D eigenvalue weighted by Gasteiger charge is -2.38. The highest BCUT2D eigenvalue weighted by molar-refractivity contribution is 5.81. The molecular weight excluding hydrogens is 274 g/mol. The lowest BCUT2D eigenvalue weighted by Crippen LogP contribution is -2.53. The van der Waals surface area contributed by atoms with Crippen LogP contribution in [0, 0.1) is 0 Å². The fourth-order valence-electron chi connectivity index (χ4n) is 2.74. The van der Waals surface area contributed by atoms with Gasteiger partial charge in [-0.1, -0.05) is 26.0 Å². The van der Waals surface area contributed by atoms with Crippen molar-refractivity contribution < 1.29 is 4.79 Å². The van der Waals surface area contributed by atoms with Crippen LogP contribution in [0.4, 0.5) is 5.69 Å². The van der Waals surface area contributed by atoms with E-state index in [0.717, 1.165) is 26.2 Å². The van der Waals surface area contributed by atoms with E-state index in [0.29, 0.717) is 5.92 Å². The Kier molecular flexibility index (Phi) is 5.46. The van der Waals surface area contributed by atoms with E-state index in [1.54, 1.807) is 0 Å². The highest BCUT2D eigenvalue weighted by Crippen LogP contribution is 2.21. The molecule has 2 rings (SSSR count). The van der Waals surface area contributed by atoms with Crippen LogP contribution >= 0.6 is 0 Å². The molecule has 0 N–H and O–H groups in total. The van der Waals surface area contributed by atoms with Gasteiger partial charge in [0.1, 0.15) is 0 Å². The van der Waals surface area contributed by atoms with Gasteiger partial charge >= 0.3 is 0 Å². The van der Waals surface area contributed by atoms with Gasteiger partial charge in [-0.2, -0.15) is 0 Å². The van der Waals surface area contributed by atoms with Crippen LogP contribution in [0.1, 0.15) is 32.3 Å². The van der Waals surface area contributed by atoms with Crippen molar-refractivity contribution in [3.8, 4) is 0 Å². The molecule has 0 saturated carbocycles. The molecule has 1 atom stereocenters. The zero-order chi connectivity index (χ0) is 16.3. The summed E-state index contributed by atoms with van der Waals surface area (Å²) in [5.41, 5.74) is 2.63. The maximum Gasteiger partial charge on any atom is 0.239 e. The number of hydrogen-bond donors (Lipinski definition) is 0. The van der Waals surface area contributed by atoms with Gasteiger partial charge in [-0.3, -0.25) is 9.69 Å². The summed E-state index contributed by atoms with van der Waals surface area (Å²) >= 11 is 0. The minimum Gasteiger partial charge on any atom is -0.368 e. The molecule has 1 aromatic rings. The van der Waals surface area contributed by atoms with Crippen LogP contribution in [0.3, 0.4) is 0 Å². The number of likely N-dealkylation sites (N-methyl/N-ethyl adjacent to an activating group) is 1. The number of carbonyl (C=O) groups excluding carboxylic acids is 1. The third-order valence-electron chi connectivity index (χ3n) is 4.65. The predicted molar refractivity (Wildman–Crippen MR) is 92.5 cm³/mol. The number of hydrogen-bond acceptors (Lipinski definition) is 3. The Bertz CT molecular complexity index is 488. The van der Waals surface area contributed by atoms with Crippen LogP contribution in [0.5, 0.6) is 0 Å². The molecule has 0 aromatic heterocycles. The van der Waals surface area contributed by atoms with E-state index in [4.69, 9.17) is 0 Å². The van der Waals surface area contributed by atoms with Crippen molar-refractivity contribution in [2.24, 2.45) is 0 Å². The van der Waals surface area contributed by atoms with E-state index in [2.05, 4.69) is 43.0 Å². The third kappa shape index (κ3) is 3.80. The average Bonchev–Trinajstić information content (AvgIpc) is 2.53. The predicted octanol–water partition coefficient (Wildman–Crippen LogP) is 2.41. The molecule has 0 bridgehead atoms. The van der Waals surface area contributed by atoms with Crippen LogP contribution in [-0.4, -0.2) is 62.0 Å². The maximum absolute atomic E-state index is 12.4. The maximum atomic E-state index is 12.4. The summed E-state index contributed by atoms with van der Waals surface area (Å²) in [4.78, 5) is 18.7. The summed E-state index contributed by atoms with van der Waals surface area (Å²) in [7, 11) is 3.91. The van der Waals surface area contributed by atoms with Crippen molar-refractivity contribution in [3.63, 3.8) is 0 Å². The highest BCUT2D eigenvalue weighted by atomic mass is 16.2. The Labute approximate surface area is 134 Å². The van der Waals surface area contributed by atoms with Gasteiger partial charge in [-0.05, 0) is 44.6 Å². The molecule has 1 unspecified atom stereocenters. The van der Waals surface area contributed by atoms with Gasteiger partial charge in [0, 0.05) is 31.9 Å². The zero-order valence-corrected chi connectivity index (χ0v) is 14.5. The number of amides is 1. The molecule has 4 nitrogen and oxygen atoms in total. The zero-order valence-electron chi connectivity index (χ0n) is 14.5. The first-order valence-electron chi connectivity index (χ1n) is 8.20. The Hall–Kier alpha value is -1.55. The average molecular weight is 303 g/mol. The van der Waals surface area contributed by atoms with Crippen molar-refractivity contribution in [3.05, 3.63) is 29.8 Å². The normalized spacial score (nSPS) is 17.2. The first kappa shape index (κ1) is 16.8. The van der Waals surface area contributed by atoms with E-state index >= 15 is 0 Å². The summed E-state index contributed by atoms with van der Waals surface area (Å²) in [6, 6.07) is 8.79. The molecule has 1 fully saturated rings. The highest BCUT2D eigenvalue weighted by Gasteiger charge is 2.25. The van der Waals surface area contributed by atoms with Gasteiger partial charge in [0.25, 0.3) is 0 Å². The van der Waals surface area contributed by atoms with Crippen LogP contribution in [-0.2, 0) is 4.79 Å². The van der Waals surface area contributed by atoms with E-state index < -0.39 is 0 Å². The number of piperazine rings is 1.